The van der Waals surface area contributed by atoms with Crippen molar-refractivity contribution in [3.05, 3.63) is 47.8 Å². The van der Waals surface area contributed by atoms with Gasteiger partial charge in [-0.05, 0) is 31.7 Å². The van der Waals surface area contributed by atoms with Crippen LogP contribution in [-0.2, 0) is 6.54 Å². The lowest BCUT2D eigenvalue weighted by Crippen LogP contribution is -2.26. The van der Waals surface area contributed by atoms with E-state index < -0.39 is 0 Å². The molecule has 18 heavy (non-hydrogen) atoms. The van der Waals surface area contributed by atoms with Crippen LogP contribution in [-0.4, -0.2) is 21.3 Å². The Bertz CT molecular complexity index is 509. The summed E-state index contributed by atoms with van der Waals surface area (Å²) in [5.74, 6) is -0.299. The normalized spacial score (nSPS) is 12.6. The molecule has 0 amide bonds. The molecule has 1 unspecified atom stereocenters. The molecule has 0 radical (unpaired) electrons. The molecule has 0 saturated heterocycles. The zero-order valence-electron chi connectivity index (χ0n) is 10.6. The third kappa shape index (κ3) is 2.41. The van der Waals surface area contributed by atoms with E-state index in [0.717, 1.165) is 18.8 Å². The van der Waals surface area contributed by atoms with Gasteiger partial charge >= 0.3 is 0 Å². The molecule has 4 nitrogen and oxygen atoms in total. The van der Waals surface area contributed by atoms with Gasteiger partial charge in [0.05, 0.1) is 17.4 Å². The topological polar surface area (TPSA) is 42.7 Å². The van der Waals surface area contributed by atoms with Crippen molar-refractivity contribution in [2.75, 3.05) is 6.54 Å². The summed E-state index contributed by atoms with van der Waals surface area (Å²) in [4.78, 5) is 4.15. The predicted octanol–water partition coefficient (Wildman–Crippen LogP) is 2.14. The molecule has 2 aromatic heterocycles. The Labute approximate surface area is 106 Å². The number of aryl methyl sites for hydroxylation is 1. The van der Waals surface area contributed by atoms with Gasteiger partial charge in [-0.15, -0.1) is 0 Å². The summed E-state index contributed by atoms with van der Waals surface area (Å²) < 4.78 is 15.7. The van der Waals surface area contributed by atoms with Crippen molar-refractivity contribution in [3.63, 3.8) is 0 Å². The molecule has 0 aliphatic carbocycles. The third-order valence-corrected chi connectivity index (χ3v) is 2.81. The quantitative estimate of drug-likeness (QED) is 0.881. The van der Waals surface area contributed by atoms with Crippen molar-refractivity contribution in [2.45, 2.75) is 26.4 Å². The molecule has 5 heteroatoms. The van der Waals surface area contributed by atoms with Crippen LogP contribution >= 0.6 is 0 Å². The third-order valence-electron chi connectivity index (χ3n) is 2.81. The Morgan fingerprint density at radius 1 is 1.33 bits per heavy atom. The molecule has 0 aromatic carbocycles. The predicted molar refractivity (Wildman–Crippen MR) is 67.6 cm³/mol. The molecule has 0 aliphatic rings. The van der Waals surface area contributed by atoms with E-state index in [4.69, 9.17) is 0 Å². The van der Waals surface area contributed by atoms with Gasteiger partial charge in [0.15, 0.2) is 0 Å². The van der Waals surface area contributed by atoms with Gasteiger partial charge in [-0.2, -0.15) is 5.10 Å². The van der Waals surface area contributed by atoms with Crippen molar-refractivity contribution in [3.8, 4) is 0 Å². The van der Waals surface area contributed by atoms with Crippen LogP contribution in [0.3, 0.4) is 0 Å². The second-order valence-corrected chi connectivity index (χ2v) is 3.93. The summed E-state index contributed by atoms with van der Waals surface area (Å²) >= 11 is 0. The van der Waals surface area contributed by atoms with Crippen LogP contribution in [0.25, 0.3) is 0 Å². The smallest absolute Gasteiger partial charge is 0.146 e. The Morgan fingerprint density at radius 3 is 2.83 bits per heavy atom. The molecule has 0 saturated carbocycles. The summed E-state index contributed by atoms with van der Waals surface area (Å²) in [5.41, 5.74) is 1.34. The molecule has 0 aliphatic heterocycles. The van der Waals surface area contributed by atoms with Gasteiger partial charge in [0.1, 0.15) is 5.82 Å². The molecular weight excluding hydrogens is 231 g/mol. The van der Waals surface area contributed by atoms with Gasteiger partial charge in [0.2, 0.25) is 0 Å². The molecule has 1 atom stereocenters. The first-order chi connectivity index (χ1) is 8.77. The summed E-state index contributed by atoms with van der Waals surface area (Å²) in [6, 6.07) is 4.65. The van der Waals surface area contributed by atoms with Crippen LogP contribution in [0.2, 0.25) is 0 Å². The molecule has 2 heterocycles. The van der Waals surface area contributed by atoms with E-state index in [9.17, 15) is 4.39 Å². The highest BCUT2D eigenvalue weighted by Gasteiger charge is 2.21. The number of pyridine rings is 1. The largest absolute Gasteiger partial charge is 0.304 e. The minimum Gasteiger partial charge on any atom is -0.304 e. The summed E-state index contributed by atoms with van der Waals surface area (Å²) in [6.07, 6.45) is 3.33. The average Bonchev–Trinajstić information content (AvgIpc) is 2.85. The van der Waals surface area contributed by atoms with Gasteiger partial charge in [0, 0.05) is 18.9 Å². The second-order valence-electron chi connectivity index (χ2n) is 3.93. The highest BCUT2D eigenvalue weighted by atomic mass is 19.1. The molecular formula is C13H17FN4. The zero-order valence-corrected chi connectivity index (χ0v) is 10.6. The van der Waals surface area contributed by atoms with Crippen LogP contribution in [0.4, 0.5) is 4.39 Å². The first kappa shape index (κ1) is 12.7. The van der Waals surface area contributed by atoms with Crippen LogP contribution in [0, 0.1) is 5.82 Å². The fourth-order valence-corrected chi connectivity index (χ4v) is 2.01. The van der Waals surface area contributed by atoms with Crippen LogP contribution in [0.5, 0.6) is 0 Å². The number of nitrogens with one attached hydrogen (secondary N) is 1. The SMILES string of the molecule is CCNC(c1ncccc1F)c1ccnn1CC. The molecule has 1 N–H and O–H groups in total. The minimum absolute atomic E-state index is 0.265. The van der Waals surface area contributed by atoms with Crippen molar-refractivity contribution < 1.29 is 4.39 Å². The lowest BCUT2D eigenvalue weighted by Gasteiger charge is -2.18. The zero-order chi connectivity index (χ0) is 13.0. The van der Waals surface area contributed by atoms with Gasteiger partial charge in [-0.1, -0.05) is 6.92 Å². The number of aromatic nitrogens is 3. The maximum Gasteiger partial charge on any atom is 0.146 e. The van der Waals surface area contributed by atoms with Crippen LogP contribution < -0.4 is 5.32 Å². The summed E-state index contributed by atoms with van der Waals surface area (Å²) in [7, 11) is 0. The van der Waals surface area contributed by atoms with E-state index in [1.807, 2.05) is 24.6 Å². The highest BCUT2D eigenvalue weighted by molar-refractivity contribution is 5.23. The Kier molecular flexibility index (Phi) is 4.04. The number of halogens is 1. The van der Waals surface area contributed by atoms with E-state index in [2.05, 4.69) is 15.4 Å². The van der Waals surface area contributed by atoms with Crippen molar-refractivity contribution in [1.29, 1.82) is 0 Å². The molecule has 0 bridgehead atoms. The number of rotatable bonds is 5. The fourth-order valence-electron chi connectivity index (χ4n) is 2.01. The Hall–Kier alpha value is -1.75. The first-order valence-corrected chi connectivity index (χ1v) is 6.13. The Morgan fingerprint density at radius 2 is 2.17 bits per heavy atom. The maximum atomic E-state index is 13.9. The van der Waals surface area contributed by atoms with E-state index >= 15 is 0 Å². The lowest BCUT2D eigenvalue weighted by molar-refractivity contribution is 0.503. The fraction of sp³-hybridized carbons (Fsp3) is 0.385. The molecule has 2 rings (SSSR count). The molecule has 96 valence electrons. The second kappa shape index (κ2) is 5.73. The van der Waals surface area contributed by atoms with E-state index in [1.54, 1.807) is 18.5 Å². The van der Waals surface area contributed by atoms with Crippen molar-refractivity contribution >= 4 is 0 Å². The molecule has 2 aromatic rings. The van der Waals surface area contributed by atoms with E-state index in [0.29, 0.717) is 5.69 Å². The van der Waals surface area contributed by atoms with Gasteiger partial charge in [-0.25, -0.2) is 4.39 Å². The molecule has 0 fully saturated rings. The Balaban J connectivity index is 2.43. The van der Waals surface area contributed by atoms with E-state index in [-0.39, 0.29) is 11.9 Å². The van der Waals surface area contributed by atoms with Gasteiger partial charge in [0.25, 0.3) is 0 Å². The van der Waals surface area contributed by atoms with Crippen molar-refractivity contribution in [2.24, 2.45) is 0 Å². The maximum absolute atomic E-state index is 13.9. The van der Waals surface area contributed by atoms with Crippen LogP contribution in [0.15, 0.2) is 30.6 Å². The van der Waals surface area contributed by atoms with Crippen LogP contribution in [0.1, 0.15) is 31.3 Å². The number of nitrogens with zero attached hydrogens (tertiary/aromatic N) is 3. The monoisotopic (exact) mass is 248 g/mol. The standard InChI is InChI=1S/C13H17FN4/c1-3-15-13(11-7-9-17-18(11)4-2)12-10(14)6-5-8-16-12/h5-9,13,15H,3-4H2,1-2H3. The highest BCUT2D eigenvalue weighted by Crippen LogP contribution is 2.22. The molecule has 0 spiro atoms. The first-order valence-electron chi connectivity index (χ1n) is 6.13. The summed E-state index contributed by atoms with van der Waals surface area (Å²) in [5, 5.41) is 7.47. The van der Waals surface area contributed by atoms with Gasteiger partial charge < -0.3 is 5.32 Å². The van der Waals surface area contributed by atoms with Crippen molar-refractivity contribution in [1.82, 2.24) is 20.1 Å². The number of hydrogen-bond donors (Lipinski definition) is 1. The van der Waals surface area contributed by atoms with E-state index in [1.165, 1.54) is 6.07 Å². The minimum atomic E-state index is -0.299. The average molecular weight is 248 g/mol. The van der Waals surface area contributed by atoms with Gasteiger partial charge in [-0.3, -0.25) is 9.67 Å². The lowest BCUT2D eigenvalue weighted by atomic mass is 10.1. The summed E-state index contributed by atoms with van der Waals surface area (Å²) in [6.45, 7) is 5.48. The number of hydrogen-bond acceptors (Lipinski definition) is 3.